The summed E-state index contributed by atoms with van der Waals surface area (Å²) in [6.07, 6.45) is 0. The first kappa shape index (κ1) is 19.0. The molecule has 0 aromatic heterocycles. The number of hydrogen-bond acceptors (Lipinski definition) is 4. The summed E-state index contributed by atoms with van der Waals surface area (Å²) in [6.45, 7) is 4.79. The number of nitrogens with one attached hydrogen (secondary N) is 1. The van der Waals surface area contributed by atoms with Crippen molar-refractivity contribution in [2.75, 3.05) is 18.8 Å². The maximum Gasteiger partial charge on any atom is 0.251 e. The summed E-state index contributed by atoms with van der Waals surface area (Å²) in [7, 11) is -3.46. The molecule has 0 bridgehead atoms. The Morgan fingerprint density at radius 3 is 2.08 bits per heavy atom. The minimum Gasteiger partial charge on any atom is -0.399 e. The number of carbonyl (C=O) groups excluding carboxylic acids is 1. The molecule has 3 N–H and O–H groups in total. The van der Waals surface area contributed by atoms with E-state index in [1.54, 1.807) is 48.5 Å². The first-order chi connectivity index (χ1) is 11.9. The molecule has 0 atom stereocenters. The Morgan fingerprint density at radius 2 is 1.56 bits per heavy atom. The standard InChI is InChI=1S/C18H23N3O3S/c1-3-21(4-2)25(23,24)17-11-5-14(6-12-17)13-20-18(22)15-7-9-16(19)10-8-15/h5-12H,3-4,13,19H2,1-2H3,(H,20,22). The molecule has 0 aliphatic carbocycles. The molecule has 134 valence electrons. The van der Waals surface area contributed by atoms with E-state index in [0.29, 0.717) is 30.9 Å². The number of nitrogen functional groups attached to an aromatic ring is 1. The number of rotatable bonds is 7. The second-order valence-corrected chi connectivity index (χ2v) is 7.48. The van der Waals surface area contributed by atoms with Crippen LogP contribution in [0.4, 0.5) is 5.69 Å². The van der Waals surface area contributed by atoms with E-state index in [-0.39, 0.29) is 10.8 Å². The normalized spacial score (nSPS) is 11.5. The van der Waals surface area contributed by atoms with Gasteiger partial charge in [0.2, 0.25) is 10.0 Å². The van der Waals surface area contributed by atoms with E-state index in [2.05, 4.69) is 5.32 Å². The van der Waals surface area contributed by atoms with Crippen molar-refractivity contribution in [3.05, 3.63) is 59.7 Å². The second-order valence-electron chi connectivity index (χ2n) is 5.54. The molecule has 0 aliphatic heterocycles. The molecule has 1 amide bonds. The van der Waals surface area contributed by atoms with Crippen LogP contribution in [0.3, 0.4) is 0 Å². The van der Waals surface area contributed by atoms with Crippen LogP contribution in [0.25, 0.3) is 0 Å². The molecule has 0 aliphatic rings. The van der Waals surface area contributed by atoms with Crippen LogP contribution in [0.1, 0.15) is 29.8 Å². The van der Waals surface area contributed by atoms with Gasteiger partial charge in [0.25, 0.3) is 5.91 Å². The van der Waals surface area contributed by atoms with E-state index in [0.717, 1.165) is 5.56 Å². The van der Waals surface area contributed by atoms with Crippen LogP contribution in [0.2, 0.25) is 0 Å². The lowest BCUT2D eigenvalue weighted by molar-refractivity contribution is 0.0951. The van der Waals surface area contributed by atoms with Gasteiger partial charge in [0.05, 0.1) is 4.90 Å². The molecular formula is C18H23N3O3S. The fourth-order valence-corrected chi connectivity index (χ4v) is 3.87. The van der Waals surface area contributed by atoms with E-state index >= 15 is 0 Å². The van der Waals surface area contributed by atoms with Gasteiger partial charge in [-0.1, -0.05) is 26.0 Å². The van der Waals surface area contributed by atoms with Gasteiger partial charge in [-0.05, 0) is 42.0 Å². The summed E-state index contributed by atoms with van der Waals surface area (Å²) in [5, 5.41) is 2.80. The smallest absolute Gasteiger partial charge is 0.251 e. The van der Waals surface area contributed by atoms with Crippen molar-refractivity contribution >= 4 is 21.6 Å². The quantitative estimate of drug-likeness (QED) is 0.740. The van der Waals surface area contributed by atoms with Crippen molar-refractivity contribution in [1.82, 2.24) is 9.62 Å². The van der Waals surface area contributed by atoms with Crippen LogP contribution >= 0.6 is 0 Å². The van der Waals surface area contributed by atoms with Crippen LogP contribution in [0.15, 0.2) is 53.4 Å². The van der Waals surface area contributed by atoms with Crippen molar-refractivity contribution in [2.45, 2.75) is 25.3 Å². The van der Waals surface area contributed by atoms with Crippen molar-refractivity contribution in [3.63, 3.8) is 0 Å². The Bertz CT molecular complexity index is 812. The number of benzene rings is 2. The van der Waals surface area contributed by atoms with Crippen LogP contribution in [0.5, 0.6) is 0 Å². The van der Waals surface area contributed by atoms with Crippen LogP contribution in [0, 0.1) is 0 Å². The maximum absolute atomic E-state index is 12.4. The molecule has 0 heterocycles. The van der Waals surface area contributed by atoms with Crippen molar-refractivity contribution in [1.29, 1.82) is 0 Å². The zero-order valence-corrected chi connectivity index (χ0v) is 15.2. The molecule has 6 nitrogen and oxygen atoms in total. The third-order valence-corrected chi connectivity index (χ3v) is 5.96. The van der Waals surface area contributed by atoms with Gasteiger partial charge in [-0.25, -0.2) is 8.42 Å². The fourth-order valence-electron chi connectivity index (χ4n) is 2.41. The van der Waals surface area contributed by atoms with Crippen molar-refractivity contribution in [2.24, 2.45) is 0 Å². The first-order valence-electron chi connectivity index (χ1n) is 8.11. The molecule has 0 spiro atoms. The van der Waals surface area contributed by atoms with Gasteiger partial charge in [0.15, 0.2) is 0 Å². The largest absolute Gasteiger partial charge is 0.399 e. The summed E-state index contributed by atoms with van der Waals surface area (Å²) in [6, 6.07) is 13.2. The van der Waals surface area contributed by atoms with E-state index in [4.69, 9.17) is 5.73 Å². The lowest BCUT2D eigenvalue weighted by Crippen LogP contribution is -2.30. The minimum absolute atomic E-state index is 0.208. The summed E-state index contributed by atoms with van der Waals surface area (Å²) in [5.41, 5.74) is 7.54. The van der Waals surface area contributed by atoms with Gasteiger partial charge in [-0.15, -0.1) is 0 Å². The highest BCUT2D eigenvalue weighted by atomic mass is 32.2. The van der Waals surface area contributed by atoms with Crippen LogP contribution < -0.4 is 11.1 Å². The lowest BCUT2D eigenvalue weighted by Gasteiger charge is -2.18. The van der Waals surface area contributed by atoms with E-state index in [1.165, 1.54) is 4.31 Å². The zero-order valence-electron chi connectivity index (χ0n) is 14.4. The average molecular weight is 361 g/mol. The minimum atomic E-state index is -3.46. The number of anilines is 1. The molecule has 2 rings (SSSR count). The predicted octanol–water partition coefficient (Wildman–Crippen LogP) is 2.23. The zero-order chi connectivity index (χ0) is 18.4. The molecular weight excluding hydrogens is 338 g/mol. The van der Waals surface area contributed by atoms with Crippen molar-refractivity contribution in [3.8, 4) is 0 Å². The Labute approximate surface area is 148 Å². The summed E-state index contributed by atoms with van der Waals surface area (Å²) in [5.74, 6) is -0.208. The number of nitrogens with two attached hydrogens (primary N) is 1. The molecule has 2 aromatic carbocycles. The van der Waals surface area contributed by atoms with Gasteiger partial charge >= 0.3 is 0 Å². The van der Waals surface area contributed by atoms with Gasteiger partial charge < -0.3 is 11.1 Å². The molecule has 0 unspecified atom stereocenters. The molecule has 0 saturated carbocycles. The average Bonchev–Trinajstić information content (AvgIpc) is 2.61. The van der Waals surface area contributed by atoms with E-state index in [1.807, 2.05) is 13.8 Å². The maximum atomic E-state index is 12.4. The lowest BCUT2D eigenvalue weighted by atomic mass is 10.2. The molecule has 2 aromatic rings. The molecule has 0 saturated heterocycles. The van der Waals surface area contributed by atoms with Crippen LogP contribution in [-0.2, 0) is 16.6 Å². The third-order valence-electron chi connectivity index (χ3n) is 3.89. The van der Waals surface area contributed by atoms with E-state index in [9.17, 15) is 13.2 Å². The summed E-state index contributed by atoms with van der Waals surface area (Å²) < 4.78 is 26.3. The fraction of sp³-hybridized carbons (Fsp3) is 0.278. The summed E-state index contributed by atoms with van der Waals surface area (Å²) in [4.78, 5) is 12.3. The Morgan fingerprint density at radius 1 is 1.00 bits per heavy atom. The molecule has 25 heavy (non-hydrogen) atoms. The van der Waals surface area contributed by atoms with Gasteiger partial charge in [0, 0.05) is 30.9 Å². The van der Waals surface area contributed by atoms with Crippen molar-refractivity contribution < 1.29 is 13.2 Å². The van der Waals surface area contributed by atoms with Gasteiger partial charge in [-0.3, -0.25) is 4.79 Å². The van der Waals surface area contributed by atoms with E-state index < -0.39 is 10.0 Å². The van der Waals surface area contributed by atoms with Gasteiger partial charge in [-0.2, -0.15) is 4.31 Å². The molecule has 7 heteroatoms. The second kappa shape index (κ2) is 8.13. The number of carbonyl (C=O) groups is 1. The van der Waals surface area contributed by atoms with Gasteiger partial charge in [0.1, 0.15) is 0 Å². The number of nitrogens with zero attached hydrogens (tertiary/aromatic N) is 1. The van der Waals surface area contributed by atoms with Crippen LogP contribution in [-0.4, -0.2) is 31.7 Å². The number of amides is 1. The SMILES string of the molecule is CCN(CC)S(=O)(=O)c1ccc(CNC(=O)c2ccc(N)cc2)cc1. The number of hydrogen-bond donors (Lipinski definition) is 2. The number of sulfonamides is 1. The Balaban J connectivity index is 2.03. The topological polar surface area (TPSA) is 92.5 Å². The highest BCUT2D eigenvalue weighted by molar-refractivity contribution is 7.89. The Kier molecular flexibility index (Phi) is 6.17. The molecule has 0 fully saturated rings. The monoisotopic (exact) mass is 361 g/mol. The molecule has 0 radical (unpaired) electrons. The first-order valence-corrected chi connectivity index (χ1v) is 9.55. The summed E-state index contributed by atoms with van der Waals surface area (Å²) >= 11 is 0. The highest BCUT2D eigenvalue weighted by Crippen LogP contribution is 2.16. The predicted molar refractivity (Wildman–Crippen MR) is 98.6 cm³/mol. The third kappa shape index (κ3) is 4.58. The highest BCUT2D eigenvalue weighted by Gasteiger charge is 2.21. The Hall–Kier alpha value is -2.38.